The van der Waals surface area contributed by atoms with Crippen LogP contribution in [-0.4, -0.2) is 61.8 Å². The second-order valence-electron chi connectivity index (χ2n) is 7.13. The van der Waals surface area contributed by atoms with Crippen LogP contribution in [0.25, 0.3) is 0 Å². The van der Waals surface area contributed by atoms with Gasteiger partial charge in [0.05, 0.1) is 19.8 Å². The topological polar surface area (TPSA) is 72.5 Å². The van der Waals surface area contributed by atoms with Gasteiger partial charge in [0.25, 0.3) is 0 Å². The standard InChI is InChI=1S/C19H30O7/c1-7-11-22-16(14-12-23-18(3,4)25-14)17-13(24-19(5,6)26-17)9-10-15(20)21-8-2/h7,9-10,13-14,16-17H,1,8,11-12H2,2-6H3/b10-9+/t13-,14-,16-,17-/m1/s1. The maximum atomic E-state index is 11.7. The van der Waals surface area contributed by atoms with Crippen molar-refractivity contribution in [3.8, 4) is 0 Å². The molecule has 4 atom stereocenters. The second-order valence-corrected chi connectivity index (χ2v) is 7.13. The van der Waals surface area contributed by atoms with Gasteiger partial charge in [0.15, 0.2) is 11.6 Å². The number of carbonyl (C=O) groups is 1. The second kappa shape index (κ2) is 8.63. The van der Waals surface area contributed by atoms with E-state index >= 15 is 0 Å². The van der Waals surface area contributed by atoms with E-state index in [2.05, 4.69) is 6.58 Å². The summed E-state index contributed by atoms with van der Waals surface area (Å²) in [5, 5.41) is 0. The molecule has 0 saturated carbocycles. The van der Waals surface area contributed by atoms with E-state index in [1.54, 1.807) is 19.1 Å². The van der Waals surface area contributed by atoms with Gasteiger partial charge in [-0.05, 0) is 40.7 Å². The molecule has 2 saturated heterocycles. The third-order valence-corrected chi connectivity index (χ3v) is 4.00. The van der Waals surface area contributed by atoms with Crippen LogP contribution in [0.3, 0.4) is 0 Å². The molecule has 0 unspecified atom stereocenters. The van der Waals surface area contributed by atoms with E-state index in [0.717, 1.165) is 0 Å². The van der Waals surface area contributed by atoms with Crippen molar-refractivity contribution in [3.05, 3.63) is 24.8 Å². The lowest BCUT2D eigenvalue weighted by Gasteiger charge is -2.30. The third kappa shape index (κ3) is 5.62. The predicted octanol–water partition coefficient (Wildman–Crippen LogP) is 2.35. The molecule has 0 N–H and O–H groups in total. The summed E-state index contributed by atoms with van der Waals surface area (Å²) in [6.07, 6.45) is 2.92. The van der Waals surface area contributed by atoms with Crippen LogP contribution in [-0.2, 0) is 33.2 Å². The third-order valence-electron chi connectivity index (χ3n) is 4.00. The molecule has 0 spiro atoms. The number of hydrogen-bond donors (Lipinski definition) is 0. The summed E-state index contributed by atoms with van der Waals surface area (Å²) in [5.74, 6) is -1.94. The van der Waals surface area contributed by atoms with Crippen LogP contribution in [0, 0.1) is 0 Å². The van der Waals surface area contributed by atoms with Crippen molar-refractivity contribution in [2.24, 2.45) is 0 Å². The maximum Gasteiger partial charge on any atom is 0.330 e. The van der Waals surface area contributed by atoms with Crippen molar-refractivity contribution in [1.82, 2.24) is 0 Å². The Kier molecular flexibility index (Phi) is 6.99. The zero-order valence-corrected chi connectivity index (χ0v) is 16.2. The molecule has 0 aromatic rings. The molecule has 2 heterocycles. The summed E-state index contributed by atoms with van der Waals surface area (Å²) >= 11 is 0. The smallest absolute Gasteiger partial charge is 0.330 e. The average Bonchev–Trinajstić information content (AvgIpc) is 3.05. The van der Waals surface area contributed by atoms with Gasteiger partial charge in [0.2, 0.25) is 0 Å². The maximum absolute atomic E-state index is 11.7. The number of carbonyl (C=O) groups excluding carboxylic acids is 1. The number of hydrogen-bond acceptors (Lipinski definition) is 7. The monoisotopic (exact) mass is 370 g/mol. The molecule has 26 heavy (non-hydrogen) atoms. The van der Waals surface area contributed by atoms with Gasteiger partial charge in [-0.3, -0.25) is 0 Å². The normalized spacial score (nSPS) is 31.2. The first kappa shape index (κ1) is 21.1. The van der Waals surface area contributed by atoms with E-state index in [1.165, 1.54) is 6.08 Å². The summed E-state index contributed by atoms with van der Waals surface area (Å²) in [4.78, 5) is 11.7. The molecule has 2 aliphatic heterocycles. The molecule has 7 heteroatoms. The Morgan fingerprint density at radius 2 is 1.96 bits per heavy atom. The fourth-order valence-corrected chi connectivity index (χ4v) is 3.05. The SMILES string of the molecule is C=CCO[C@@H]([C@@H]1OC(C)(C)O[C@@H]1/C=C/C(=O)OCC)[C@H]1COC(C)(C)O1. The Morgan fingerprint density at radius 3 is 2.54 bits per heavy atom. The molecular formula is C19H30O7. The van der Waals surface area contributed by atoms with Gasteiger partial charge in [0.1, 0.15) is 24.4 Å². The molecule has 0 bridgehead atoms. The van der Waals surface area contributed by atoms with Crippen LogP contribution in [0.15, 0.2) is 24.8 Å². The lowest BCUT2D eigenvalue weighted by molar-refractivity contribution is -0.186. The van der Waals surface area contributed by atoms with E-state index in [9.17, 15) is 4.79 Å². The van der Waals surface area contributed by atoms with Crippen molar-refractivity contribution >= 4 is 5.97 Å². The highest BCUT2D eigenvalue weighted by molar-refractivity contribution is 5.81. The highest BCUT2D eigenvalue weighted by Gasteiger charge is 2.50. The minimum absolute atomic E-state index is 0.313. The van der Waals surface area contributed by atoms with Crippen LogP contribution in [0.5, 0.6) is 0 Å². The van der Waals surface area contributed by atoms with Crippen LogP contribution >= 0.6 is 0 Å². The molecule has 0 aliphatic carbocycles. The number of ether oxygens (including phenoxy) is 6. The molecule has 2 rings (SSSR count). The van der Waals surface area contributed by atoms with Gasteiger partial charge >= 0.3 is 5.97 Å². The fourth-order valence-electron chi connectivity index (χ4n) is 3.05. The quantitative estimate of drug-likeness (QED) is 0.369. The summed E-state index contributed by atoms with van der Waals surface area (Å²) in [5.41, 5.74) is 0. The van der Waals surface area contributed by atoms with Crippen molar-refractivity contribution in [3.63, 3.8) is 0 Å². The predicted molar refractivity (Wildman–Crippen MR) is 94.4 cm³/mol. The fraction of sp³-hybridized carbons (Fsp3) is 0.737. The zero-order valence-electron chi connectivity index (χ0n) is 16.2. The average molecular weight is 370 g/mol. The van der Waals surface area contributed by atoms with Crippen molar-refractivity contribution in [1.29, 1.82) is 0 Å². The summed E-state index contributed by atoms with van der Waals surface area (Å²) in [6.45, 7) is 13.8. The largest absolute Gasteiger partial charge is 0.463 e. The Balaban J connectivity index is 2.18. The zero-order chi connectivity index (χ0) is 19.4. The first-order chi connectivity index (χ1) is 12.2. The minimum Gasteiger partial charge on any atom is -0.463 e. The number of esters is 1. The molecular weight excluding hydrogens is 340 g/mol. The molecule has 2 aliphatic rings. The van der Waals surface area contributed by atoms with Crippen LogP contribution in [0.4, 0.5) is 0 Å². The van der Waals surface area contributed by atoms with Gasteiger partial charge in [0, 0.05) is 6.08 Å². The Morgan fingerprint density at radius 1 is 1.23 bits per heavy atom. The minimum atomic E-state index is -0.820. The molecule has 148 valence electrons. The molecule has 2 fully saturated rings. The lowest BCUT2D eigenvalue weighted by atomic mass is 10.0. The summed E-state index contributed by atoms with van der Waals surface area (Å²) in [7, 11) is 0. The van der Waals surface area contributed by atoms with Crippen molar-refractivity contribution in [2.45, 2.75) is 70.6 Å². The Bertz CT molecular complexity index is 526. The molecule has 0 radical (unpaired) electrons. The van der Waals surface area contributed by atoms with Crippen molar-refractivity contribution < 1.29 is 33.2 Å². The first-order valence-electron chi connectivity index (χ1n) is 8.92. The van der Waals surface area contributed by atoms with Gasteiger partial charge < -0.3 is 28.4 Å². The summed E-state index contributed by atoms with van der Waals surface area (Å²) in [6, 6.07) is 0. The Labute approximate surface area is 155 Å². The van der Waals surface area contributed by atoms with Gasteiger partial charge in [-0.1, -0.05) is 6.08 Å². The molecule has 7 nitrogen and oxygen atoms in total. The van der Waals surface area contributed by atoms with E-state index in [0.29, 0.717) is 19.8 Å². The first-order valence-corrected chi connectivity index (χ1v) is 8.92. The van der Waals surface area contributed by atoms with E-state index < -0.39 is 35.9 Å². The van der Waals surface area contributed by atoms with E-state index in [-0.39, 0.29) is 6.10 Å². The number of rotatable bonds is 8. The van der Waals surface area contributed by atoms with Crippen LogP contribution < -0.4 is 0 Å². The highest BCUT2D eigenvalue weighted by atomic mass is 16.8. The molecule has 0 aromatic carbocycles. The van der Waals surface area contributed by atoms with Crippen LogP contribution in [0.1, 0.15) is 34.6 Å². The van der Waals surface area contributed by atoms with Crippen molar-refractivity contribution in [2.75, 3.05) is 19.8 Å². The van der Waals surface area contributed by atoms with E-state index in [4.69, 9.17) is 28.4 Å². The van der Waals surface area contributed by atoms with Gasteiger partial charge in [-0.15, -0.1) is 6.58 Å². The van der Waals surface area contributed by atoms with Gasteiger partial charge in [-0.2, -0.15) is 0 Å². The Hall–Kier alpha value is -1.25. The lowest BCUT2D eigenvalue weighted by Crippen LogP contribution is -2.46. The molecule has 0 amide bonds. The highest BCUT2D eigenvalue weighted by Crippen LogP contribution is 2.36. The summed E-state index contributed by atoms with van der Waals surface area (Å²) < 4.78 is 34.5. The van der Waals surface area contributed by atoms with E-state index in [1.807, 2.05) is 27.7 Å². The van der Waals surface area contributed by atoms with Gasteiger partial charge in [-0.25, -0.2) is 4.79 Å². The van der Waals surface area contributed by atoms with Crippen LogP contribution in [0.2, 0.25) is 0 Å². The molecule has 0 aromatic heterocycles.